The van der Waals surface area contributed by atoms with E-state index in [1.54, 1.807) is 0 Å². The van der Waals surface area contributed by atoms with E-state index in [0.717, 1.165) is 17.8 Å². The summed E-state index contributed by atoms with van der Waals surface area (Å²) in [6.45, 7) is 0. The highest BCUT2D eigenvalue weighted by molar-refractivity contribution is 6.33. The first-order valence-electron chi connectivity index (χ1n) is 6.67. The van der Waals surface area contributed by atoms with Crippen LogP contribution in [0.15, 0.2) is 36.4 Å². The molecule has 1 aliphatic carbocycles. The lowest BCUT2D eigenvalue weighted by Gasteiger charge is -2.20. The van der Waals surface area contributed by atoms with Crippen molar-refractivity contribution < 1.29 is 0 Å². The second-order valence-electron chi connectivity index (χ2n) is 4.98. The van der Waals surface area contributed by atoms with Gasteiger partial charge in [-0.1, -0.05) is 29.8 Å². The summed E-state index contributed by atoms with van der Waals surface area (Å²) in [6.07, 6.45) is 4.86. The van der Waals surface area contributed by atoms with Crippen molar-refractivity contribution in [3.63, 3.8) is 0 Å². The Labute approximate surface area is 118 Å². The molecule has 0 heterocycles. The molecule has 0 radical (unpaired) electrons. The normalized spacial score (nSPS) is 13.9. The lowest BCUT2D eigenvalue weighted by atomic mass is 9.90. The number of anilines is 3. The number of benzene rings is 2. The summed E-state index contributed by atoms with van der Waals surface area (Å²) in [7, 11) is 0. The number of rotatable bonds is 2. The SMILES string of the molecule is Nc1c(Cl)cccc1Nc1cccc2c1CCCC2. The largest absolute Gasteiger partial charge is 0.396 e. The van der Waals surface area contributed by atoms with Crippen molar-refractivity contribution in [2.75, 3.05) is 11.1 Å². The first-order valence-corrected chi connectivity index (χ1v) is 7.05. The monoisotopic (exact) mass is 272 g/mol. The van der Waals surface area contributed by atoms with Crippen LogP contribution in [-0.2, 0) is 12.8 Å². The molecule has 0 amide bonds. The molecule has 0 fully saturated rings. The van der Waals surface area contributed by atoms with E-state index in [1.807, 2.05) is 18.2 Å². The number of nitrogen functional groups attached to an aromatic ring is 1. The molecule has 3 rings (SSSR count). The standard InChI is InChI=1S/C16H17ClN2/c17-13-8-4-10-15(16(13)18)19-14-9-3-6-11-5-1-2-7-12(11)14/h3-4,6,8-10,19H,1-2,5,7,18H2. The predicted molar refractivity (Wildman–Crippen MR) is 82.2 cm³/mol. The molecule has 3 N–H and O–H groups in total. The second-order valence-corrected chi connectivity index (χ2v) is 5.38. The zero-order valence-electron chi connectivity index (χ0n) is 10.7. The lowest BCUT2D eigenvalue weighted by molar-refractivity contribution is 0.687. The number of hydrogen-bond acceptors (Lipinski definition) is 2. The van der Waals surface area contributed by atoms with Crippen LogP contribution >= 0.6 is 11.6 Å². The summed E-state index contributed by atoms with van der Waals surface area (Å²) >= 11 is 6.06. The molecule has 1 aliphatic rings. The van der Waals surface area contributed by atoms with Gasteiger partial charge in [0.05, 0.1) is 16.4 Å². The third kappa shape index (κ3) is 2.41. The summed E-state index contributed by atoms with van der Waals surface area (Å²) in [6, 6.07) is 12.1. The van der Waals surface area contributed by atoms with E-state index < -0.39 is 0 Å². The molecule has 98 valence electrons. The van der Waals surface area contributed by atoms with Gasteiger partial charge in [0.25, 0.3) is 0 Å². The highest BCUT2D eigenvalue weighted by Gasteiger charge is 2.13. The molecular formula is C16H17ClN2. The van der Waals surface area contributed by atoms with Gasteiger partial charge in [-0.25, -0.2) is 0 Å². The minimum absolute atomic E-state index is 0.592. The van der Waals surface area contributed by atoms with Gasteiger partial charge in [0.2, 0.25) is 0 Å². The van der Waals surface area contributed by atoms with Gasteiger partial charge in [-0.2, -0.15) is 0 Å². The Bertz CT molecular complexity index is 608. The number of aryl methyl sites for hydroxylation is 1. The summed E-state index contributed by atoms with van der Waals surface area (Å²) in [5.74, 6) is 0. The van der Waals surface area contributed by atoms with Crippen LogP contribution in [0.25, 0.3) is 0 Å². The maximum Gasteiger partial charge on any atom is 0.0742 e. The van der Waals surface area contributed by atoms with E-state index in [9.17, 15) is 0 Å². The van der Waals surface area contributed by atoms with Crippen LogP contribution in [0, 0.1) is 0 Å². The smallest absolute Gasteiger partial charge is 0.0742 e. The van der Waals surface area contributed by atoms with Crippen LogP contribution in [-0.4, -0.2) is 0 Å². The fraction of sp³-hybridized carbons (Fsp3) is 0.250. The molecule has 0 saturated heterocycles. The molecule has 0 saturated carbocycles. The number of halogens is 1. The number of fused-ring (bicyclic) bond motifs is 1. The predicted octanol–water partition coefficient (Wildman–Crippen LogP) is 4.54. The van der Waals surface area contributed by atoms with Gasteiger partial charge in [-0.15, -0.1) is 0 Å². The van der Waals surface area contributed by atoms with Gasteiger partial charge < -0.3 is 11.1 Å². The first-order chi connectivity index (χ1) is 9.25. The van der Waals surface area contributed by atoms with Gasteiger partial charge in [0, 0.05) is 5.69 Å². The van der Waals surface area contributed by atoms with Crippen molar-refractivity contribution in [3.05, 3.63) is 52.5 Å². The zero-order valence-corrected chi connectivity index (χ0v) is 11.5. The molecule has 0 aliphatic heterocycles. The summed E-state index contributed by atoms with van der Waals surface area (Å²) in [4.78, 5) is 0. The molecule has 2 nitrogen and oxygen atoms in total. The number of para-hydroxylation sites is 1. The molecule has 19 heavy (non-hydrogen) atoms. The van der Waals surface area contributed by atoms with Crippen molar-refractivity contribution in [1.82, 2.24) is 0 Å². The van der Waals surface area contributed by atoms with Crippen LogP contribution in [0.2, 0.25) is 5.02 Å². The van der Waals surface area contributed by atoms with E-state index in [0.29, 0.717) is 10.7 Å². The average Bonchev–Trinajstić information content (AvgIpc) is 2.44. The second kappa shape index (κ2) is 5.14. The molecule has 0 atom stereocenters. The summed E-state index contributed by atoms with van der Waals surface area (Å²) in [5, 5.41) is 4.02. The van der Waals surface area contributed by atoms with Crippen molar-refractivity contribution in [1.29, 1.82) is 0 Å². The van der Waals surface area contributed by atoms with Gasteiger partial charge in [-0.05, 0) is 55.0 Å². The third-order valence-corrected chi connectivity index (χ3v) is 4.05. The molecule has 0 bridgehead atoms. The highest BCUT2D eigenvalue weighted by Crippen LogP contribution is 2.33. The number of nitrogens with one attached hydrogen (secondary N) is 1. The van der Waals surface area contributed by atoms with Gasteiger partial charge in [0.1, 0.15) is 0 Å². The molecule has 2 aromatic rings. The Morgan fingerprint density at radius 1 is 0.947 bits per heavy atom. The van der Waals surface area contributed by atoms with Crippen molar-refractivity contribution in [2.24, 2.45) is 0 Å². The zero-order chi connectivity index (χ0) is 13.2. The molecule has 0 spiro atoms. The summed E-state index contributed by atoms with van der Waals surface area (Å²) < 4.78 is 0. The Morgan fingerprint density at radius 2 is 1.68 bits per heavy atom. The number of nitrogens with two attached hydrogens (primary N) is 1. The van der Waals surface area contributed by atoms with Crippen LogP contribution in [0.5, 0.6) is 0 Å². The molecular weight excluding hydrogens is 256 g/mol. The minimum atomic E-state index is 0.592. The average molecular weight is 273 g/mol. The quantitative estimate of drug-likeness (QED) is 0.788. The summed E-state index contributed by atoms with van der Waals surface area (Å²) in [5.41, 5.74) is 11.5. The van der Waals surface area contributed by atoms with E-state index >= 15 is 0 Å². The minimum Gasteiger partial charge on any atom is -0.396 e. The van der Waals surface area contributed by atoms with Crippen LogP contribution in [0.1, 0.15) is 24.0 Å². The fourth-order valence-electron chi connectivity index (χ4n) is 2.69. The fourth-order valence-corrected chi connectivity index (χ4v) is 2.86. The molecule has 0 aromatic heterocycles. The van der Waals surface area contributed by atoms with E-state index in [2.05, 4.69) is 23.5 Å². The Hall–Kier alpha value is -1.67. The van der Waals surface area contributed by atoms with Gasteiger partial charge in [-0.3, -0.25) is 0 Å². The first kappa shape index (κ1) is 12.4. The van der Waals surface area contributed by atoms with Gasteiger partial charge >= 0.3 is 0 Å². The molecule has 2 aromatic carbocycles. The van der Waals surface area contributed by atoms with Crippen molar-refractivity contribution >= 4 is 28.7 Å². The highest BCUT2D eigenvalue weighted by atomic mass is 35.5. The van der Waals surface area contributed by atoms with Crippen LogP contribution < -0.4 is 11.1 Å². The Balaban J connectivity index is 1.97. The van der Waals surface area contributed by atoms with E-state index in [-0.39, 0.29) is 0 Å². The number of hydrogen-bond donors (Lipinski definition) is 2. The van der Waals surface area contributed by atoms with Crippen molar-refractivity contribution in [3.8, 4) is 0 Å². The van der Waals surface area contributed by atoms with E-state index in [4.69, 9.17) is 17.3 Å². The third-order valence-electron chi connectivity index (χ3n) is 3.72. The van der Waals surface area contributed by atoms with Crippen LogP contribution in [0.3, 0.4) is 0 Å². The maximum atomic E-state index is 6.06. The Kier molecular flexibility index (Phi) is 3.34. The molecule has 0 unspecified atom stereocenters. The van der Waals surface area contributed by atoms with Crippen LogP contribution in [0.4, 0.5) is 17.1 Å². The van der Waals surface area contributed by atoms with Crippen molar-refractivity contribution in [2.45, 2.75) is 25.7 Å². The Morgan fingerprint density at radius 3 is 2.58 bits per heavy atom. The topological polar surface area (TPSA) is 38.0 Å². The maximum absolute atomic E-state index is 6.06. The molecule has 3 heteroatoms. The van der Waals surface area contributed by atoms with Gasteiger partial charge in [0.15, 0.2) is 0 Å². The lowest BCUT2D eigenvalue weighted by Crippen LogP contribution is -2.06. The van der Waals surface area contributed by atoms with E-state index in [1.165, 1.54) is 30.4 Å².